The number of nitrogens with zero attached hydrogens (tertiary/aromatic N) is 2. The molecule has 2 aromatic rings. The van der Waals surface area contributed by atoms with Crippen molar-refractivity contribution in [3.8, 4) is 5.75 Å². The Labute approximate surface area is 180 Å². The van der Waals surface area contributed by atoms with Crippen molar-refractivity contribution in [2.75, 3.05) is 33.1 Å². The molecule has 1 aromatic heterocycles. The Bertz CT molecular complexity index is 924. The monoisotopic (exact) mass is 458 g/mol. The van der Waals surface area contributed by atoms with Crippen LogP contribution < -0.4 is 4.74 Å². The third-order valence-electron chi connectivity index (χ3n) is 5.36. The van der Waals surface area contributed by atoms with Gasteiger partial charge in [-0.25, -0.2) is 4.98 Å². The van der Waals surface area contributed by atoms with Crippen molar-refractivity contribution in [1.29, 1.82) is 0 Å². The van der Waals surface area contributed by atoms with Gasteiger partial charge in [-0.15, -0.1) is 24.5 Å². The number of hydrogen-bond acceptors (Lipinski definition) is 7. The van der Waals surface area contributed by atoms with Gasteiger partial charge in [-0.1, -0.05) is 0 Å². The maximum absolute atomic E-state index is 13.0. The van der Waals surface area contributed by atoms with E-state index in [1.807, 2.05) is 5.38 Å². The molecule has 4 rings (SSSR count). The van der Waals surface area contributed by atoms with Crippen molar-refractivity contribution >= 4 is 17.2 Å². The molecule has 2 aliphatic rings. The molecule has 3 heterocycles. The minimum Gasteiger partial charge on any atom is -0.491 e. The van der Waals surface area contributed by atoms with Crippen LogP contribution in [0.4, 0.5) is 13.2 Å². The van der Waals surface area contributed by atoms with Crippen LogP contribution in [0.1, 0.15) is 27.3 Å². The number of ether oxygens (including phenoxy) is 4. The summed E-state index contributed by atoms with van der Waals surface area (Å²) in [5.74, 6) is 0.245. The molecule has 2 saturated heterocycles. The highest BCUT2D eigenvalue weighted by Gasteiger charge is 2.52. The second-order valence-electron chi connectivity index (χ2n) is 7.27. The Morgan fingerprint density at radius 2 is 2.23 bits per heavy atom. The molecule has 1 amide bonds. The van der Waals surface area contributed by atoms with E-state index in [9.17, 15) is 18.0 Å². The molecule has 2 atom stereocenters. The maximum Gasteiger partial charge on any atom is 0.522 e. The number of benzene rings is 1. The minimum atomic E-state index is -4.69. The third kappa shape index (κ3) is 4.69. The average Bonchev–Trinajstić information content (AvgIpc) is 3.40. The maximum atomic E-state index is 13.0. The van der Waals surface area contributed by atoms with E-state index in [4.69, 9.17) is 14.2 Å². The number of rotatable bonds is 6. The molecule has 0 unspecified atom stereocenters. The van der Waals surface area contributed by atoms with Gasteiger partial charge >= 0.3 is 6.36 Å². The number of aryl methyl sites for hydroxylation is 1. The van der Waals surface area contributed by atoms with Gasteiger partial charge in [0.1, 0.15) is 30.3 Å². The summed E-state index contributed by atoms with van der Waals surface area (Å²) in [5, 5.41) is 2.75. The Balaban J connectivity index is 1.38. The molecule has 2 aliphatic heterocycles. The van der Waals surface area contributed by atoms with Crippen LogP contribution in [0.3, 0.4) is 0 Å². The lowest BCUT2D eigenvalue weighted by molar-refractivity contribution is -0.325. The van der Waals surface area contributed by atoms with Crippen LogP contribution >= 0.6 is 11.3 Å². The SMILES string of the molecule is Cc1cc(C(=O)N2CC[C@@]3(c4nccs4)OCO[C@H]3C2)ccc1OCCOC(F)(F)F. The first-order valence-electron chi connectivity index (χ1n) is 9.67. The molecule has 168 valence electrons. The van der Waals surface area contributed by atoms with E-state index in [1.165, 1.54) is 11.3 Å². The quantitative estimate of drug-likeness (QED) is 0.618. The minimum absolute atomic E-state index is 0.154. The molecule has 1 aromatic carbocycles. The number of piperidine rings is 1. The van der Waals surface area contributed by atoms with Gasteiger partial charge in [0, 0.05) is 30.1 Å². The van der Waals surface area contributed by atoms with Gasteiger partial charge in [0.2, 0.25) is 0 Å². The molecule has 0 bridgehead atoms. The summed E-state index contributed by atoms with van der Waals surface area (Å²) in [4.78, 5) is 19.2. The van der Waals surface area contributed by atoms with E-state index in [0.29, 0.717) is 36.4 Å². The van der Waals surface area contributed by atoms with Crippen LogP contribution in [-0.2, 0) is 19.8 Å². The van der Waals surface area contributed by atoms with Gasteiger partial charge in [0.15, 0.2) is 5.60 Å². The molecule has 0 radical (unpaired) electrons. The highest BCUT2D eigenvalue weighted by atomic mass is 32.1. The number of carbonyl (C=O) groups is 1. The molecular weight excluding hydrogens is 437 g/mol. The Kier molecular flexibility index (Phi) is 6.20. The lowest BCUT2D eigenvalue weighted by Crippen LogP contribution is -2.53. The highest BCUT2D eigenvalue weighted by Crippen LogP contribution is 2.43. The van der Waals surface area contributed by atoms with E-state index in [-0.39, 0.29) is 25.4 Å². The van der Waals surface area contributed by atoms with E-state index >= 15 is 0 Å². The van der Waals surface area contributed by atoms with Crippen LogP contribution in [0.5, 0.6) is 5.75 Å². The number of fused-ring (bicyclic) bond motifs is 1. The fourth-order valence-corrected chi connectivity index (χ4v) is 4.70. The summed E-state index contributed by atoms with van der Waals surface area (Å²) in [7, 11) is 0. The first-order valence-corrected chi connectivity index (χ1v) is 10.6. The normalized spacial score (nSPS) is 23.6. The molecule has 0 N–H and O–H groups in total. The van der Waals surface area contributed by atoms with Crippen molar-refractivity contribution in [2.24, 2.45) is 0 Å². The molecule has 7 nitrogen and oxygen atoms in total. The second-order valence-corrected chi connectivity index (χ2v) is 8.16. The summed E-state index contributed by atoms with van der Waals surface area (Å²) >= 11 is 1.51. The van der Waals surface area contributed by atoms with E-state index in [0.717, 1.165) is 5.01 Å². The summed E-state index contributed by atoms with van der Waals surface area (Å²) in [6.07, 6.45) is -2.68. The molecule has 2 fully saturated rings. The number of hydrogen-bond donors (Lipinski definition) is 0. The summed E-state index contributed by atoms with van der Waals surface area (Å²) in [5.41, 5.74) is 0.501. The van der Waals surface area contributed by atoms with Gasteiger partial charge in [0.25, 0.3) is 5.91 Å². The zero-order chi connectivity index (χ0) is 22.1. The number of halogens is 3. The van der Waals surface area contributed by atoms with E-state index in [1.54, 1.807) is 36.2 Å². The molecule has 31 heavy (non-hydrogen) atoms. The van der Waals surface area contributed by atoms with Crippen molar-refractivity contribution < 1.29 is 36.9 Å². The topological polar surface area (TPSA) is 70.1 Å². The van der Waals surface area contributed by atoms with Gasteiger partial charge in [0.05, 0.1) is 13.2 Å². The summed E-state index contributed by atoms with van der Waals surface area (Å²) in [6, 6.07) is 4.84. The molecule has 0 spiro atoms. The van der Waals surface area contributed by atoms with Crippen molar-refractivity contribution in [1.82, 2.24) is 9.88 Å². The second kappa shape index (κ2) is 8.73. The van der Waals surface area contributed by atoms with Crippen LogP contribution in [0.15, 0.2) is 29.8 Å². The zero-order valence-corrected chi connectivity index (χ0v) is 17.5. The van der Waals surface area contributed by atoms with Crippen LogP contribution in [0.25, 0.3) is 0 Å². The van der Waals surface area contributed by atoms with Gasteiger partial charge < -0.3 is 19.1 Å². The largest absolute Gasteiger partial charge is 0.522 e. The summed E-state index contributed by atoms with van der Waals surface area (Å²) < 4.78 is 56.8. The first kappa shape index (κ1) is 22.0. The third-order valence-corrected chi connectivity index (χ3v) is 6.29. The number of alkyl halides is 3. The molecule has 0 saturated carbocycles. The van der Waals surface area contributed by atoms with Gasteiger partial charge in [-0.3, -0.25) is 9.53 Å². The lowest BCUT2D eigenvalue weighted by Gasteiger charge is -2.40. The van der Waals surface area contributed by atoms with E-state index < -0.39 is 18.6 Å². The predicted molar refractivity (Wildman–Crippen MR) is 104 cm³/mol. The van der Waals surface area contributed by atoms with Crippen molar-refractivity contribution in [2.45, 2.75) is 31.4 Å². The van der Waals surface area contributed by atoms with Gasteiger partial charge in [-0.05, 0) is 30.7 Å². The number of thiazole rings is 1. The lowest BCUT2D eigenvalue weighted by atomic mass is 9.88. The fraction of sp³-hybridized carbons (Fsp3) is 0.500. The Hall–Kier alpha value is -2.21. The van der Waals surface area contributed by atoms with Crippen LogP contribution in [0.2, 0.25) is 0 Å². The summed E-state index contributed by atoms with van der Waals surface area (Å²) in [6.45, 7) is 1.90. The zero-order valence-electron chi connectivity index (χ0n) is 16.7. The number of carbonyl (C=O) groups excluding carboxylic acids is 1. The number of likely N-dealkylation sites (tertiary alicyclic amines) is 1. The number of aromatic nitrogens is 1. The smallest absolute Gasteiger partial charge is 0.491 e. The molecule has 11 heteroatoms. The van der Waals surface area contributed by atoms with Crippen LogP contribution in [-0.4, -0.2) is 61.4 Å². The van der Waals surface area contributed by atoms with Crippen molar-refractivity contribution in [3.63, 3.8) is 0 Å². The standard InChI is InChI=1S/C20H21F3N2O5S/c1-13-10-14(2-3-15(13)27-7-8-29-20(21,22)23)17(26)25-6-4-19(18-24-5-9-31-18)16(11-25)28-12-30-19/h2-3,5,9-10,16H,4,6-8,11-12H2,1H3/t16-,19+/m0/s1. The molecule has 0 aliphatic carbocycles. The van der Waals surface area contributed by atoms with Crippen LogP contribution in [0, 0.1) is 6.92 Å². The Morgan fingerprint density at radius 3 is 2.94 bits per heavy atom. The van der Waals surface area contributed by atoms with Gasteiger partial charge in [-0.2, -0.15) is 0 Å². The van der Waals surface area contributed by atoms with Crippen molar-refractivity contribution in [3.05, 3.63) is 45.9 Å². The fourth-order valence-electron chi connectivity index (χ4n) is 3.83. The average molecular weight is 458 g/mol. The number of amides is 1. The Morgan fingerprint density at radius 1 is 1.39 bits per heavy atom. The highest BCUT2D eigenvalue weighted by molar-refractivity contribution is 7.09. The molecular formula is C20H21F3N2O5S. The first-order chi connectivity index (χ1) is 14.8. The van der Waals surface area contributed by atoms with E-state index in [2.05, 4.69) is 9.72 Å². The predicted octanol–water partition coefficient (Wildman–Crippen LogP) is 3.48.